The molecule has 0 aliphatic carbocycles. The number of nitrogens with zero attached hydrogens (tertiary/aromatic N) is 2. The number of carbonyl (C=O) groups excluding carboxylic acids is 1. The van der Waals surface area contributed by atoms with Crippen LogP contribution in [-0.4, -0.2) is 28.2 Å². The Kier molecular flexibility index (Phi) is 5.60. The molecule has 5 nitrogen and oxygen atoms in total. The van der Waals surface area contributed by atoms with Crippen LogP contribution in [-0.2, 0) is 4.79 Å². The maximum Gasteiger partial charge on any atom is 0.230 e. The van der Waals surface area contributed by atoms with E-state index in [0.717, 1.165) is 12.1 Å². The number of rotatable bonds is 5. The molecule has 0 unspecified atom stereocenters. The smallest absolute Gasteiger partial charge is 0.230 e. The van der Waals surface area contributed by atoms with Crippen molar-refractivity contribution in [1.29, 1.82) is 0 Å². The van der Waals surface area contributed by atoms with Crippen molar-refractivity contribution < 1.29 is 4.79 Å². The molecule has 0 fully saturated rings. The second-order valence-corrected chi connectivity index (χ2v) is 6.61. The van der Waals surface area contributed by atoms with Gasteiger partial charge in [-0.05, 0) is 18.8 Å². The second-order valence-electron chi connectivity index (χ2n) is 5.67. The van der Waals surface area contributed by atoms with Gasteiger partial charge in [0.2, 0.25) is 5.91 Å². The van der Waals surface area contributed by atoms with Gasteiger partial charge in [-0.1, -0.05) is 32.5 Å². The minimum atomic E-state index is -0.00192. The van der Waals surface area contributed by atoms with Crippen molar-refractivity contribution in [1.82, 2.24) is 15.3 Å². The van der Waals surface area contributed by atoms with Crippen molar-refractivity contribution in [3.05, 3.63) is 11.8 Å². The molecule has 3 N–H and O–H groups in total. The third-order valence-electron chi connectivity index (χ3n) is 2.38. The van der Waals surface area contributed by atoms with Crippen LogP contribution >= 0.6 is 11.8 Å². The first-order valence-electron chi connectivity index (χ1n) is 6.27. The van der Waals surface area contributed by atoms with Crippen LogP contribution < -0.4 is 11.1 Å². The number of hydrogen-bond donors (Lipinski definition) is 2. The van der Waals surface area contributed by atoms with Crippen molar-refractivity contribution in [2.24, 2.45) is 5.41 Å². The highest BCUT2D eigenvalue weighted by molar-refractivity contribution is 7.99. The molecular weight excluding hydrogens is 260 g/mol. The number of nitrogens with two attached hydrogens (primary N) is 1. The topological polar surface area (TPSA) is 80.9 Å². The minimum Gasteiger partial charge on any atom is -0.384 e. The number of amides is 1. The van der Waals surface area contributed by atoms with Gasteiger partial charge in [0, 0.05) is 18.3 Å². The van der Waals surface area contributed by atoms with Crippen molar-refractivity contribution in [3.8, 4) is 0 Å². The van der Waals surface area contributed by atoms with Gasteiger partial charge >= 0.3 is 0 Å². The summed E-state index contributed by atoms with van der Waals surface area (Å²) in [6.45, 7) is 9.00. The second kappa shape index (κ2) is 6.75. The zero-order valence-corrected chi connectivity index (χ0v) is 12.8. The lowest BCUT2D eigenvalue weighted by Gasteiger charge is -2.17. The first-order valence-corrected chi connectivity index (χ1v) is 7.25. The summed E-state index contributed by atoms with van der Waals surface area (Å²) in [5.74, 6) is 0.744. The lowest BCUT2D eigenvalue weighted by Crippen LogP contribution is -2.28. The van der Waals surface area contributed by atoms with E-state index in [0.29, 0.717) is 23.3 Å². The van der Waals surface area contributed by atoms with Gasteiger partial charge < -0.3 is 11.1 Å². The number of aryl methyl sites for hydroxylation is 1. The first kappa shape index (κ1) is 15.8. The third-order valence-corrected chi connectivity index (χ3v) is 3.23. The molecule has 0 bridgehead atoms. The molecule has 1 aromatic rings. The largest absolute Gasteiger partial charge is 0.384 e. The fourth-order valence-electron chi connectivity index (χ4n) is 1.39. The van der Waals surface area contributed by atoms with Gasteiger partial charge in [-0.25, -0.2) is 9.97 Å². The monoisotopic (exact) mass is 282 g/mol. The lowest BCUT2D eigenvalue weighted by molar-refractivity contribution is -0.118. The molecule has 0 aliphatic heterocycles. The van der Waals surface area contributed by atoms with E-state index in [-0.39, 0.29) is 11.3 Å². The molecule has 6 heteroatoms. The first-order chi connectivity index (χ1) is 8.76. The predicted molar refractivity (Wildman–Crippen MR) is 79.0 cm³/mol. The van der Waals surface area contributed by atoms with Crippen LogP contribution in [0.4, 0.5) is 5.82 Å². The van der Waals surface area contributed by atoms with E-state index in [1.54, 1.807) is 6.07 Å². The molecule has 0 atom stereocenters. The predicted octanol–water partition coefficient (Wildman–Crippen LogP) is 2.01. The van der Waals surface area contributed by atoms with Crippen LogP contribution in [0, 0.1) is 12.3 Å². The van der Waals surface area contributed by atoms with Crippen LogP contribution in [0.3, 0.4) is 0 Å². The van der Waals surface area contributed by atoms with Crippen molar-refractivity contribution in [2.45, 2.75) is 39.3 Å². The van der Waals surface area contributed by atoms with E-state index in [4.69, 9.17) is 5.73 Å². The Labute approximate surface area is 118 Å². The van der Waals surface area contributed by atoms with E-state index >= 15 is 0 Å². The Morgan fingerprint density at radius 2 is 2.11 bits per heavy atom. The maximum absolute atomic E-state index is 11.7. The highest BCUT2D eigenvalue weighted by Crippen LogP contribution is 2.17. The number of thioether (sulfide) groups is 1. The molecule has 0 radical (unpaired) electrons. The summed E-state index contributed by atoms with van der Waals surface area (Å²) in [5, 5.41) is 3.44. The van der Waals surface area contributed by atoms with E-state index in [1.165, 1.54) is 11.8 Å². The molecule has 1 amide bonds. The molecule has 1 aromatic heterocycles. The molecule has 0 saturated carbocycles. The number of carbonyl (C=O) groups is 1. The highest BCUT2D eigenvalue weighted by atomic mass is 32.2. The van der Waals surface area contributed by atoms with Gasteiger partial charge in [0.05, 0.1) is 5.75 Å². The Bertz CT molecular complexity index is 423. The molecule has 0 spiro atoms. The molecular formula is C13H22N4OS. The Balaban J connectivity index is 2.34. The van der Waals surface area contributed by atoms with E-state index in [9.17, 15) is 4.79 Å². The number of nitrogens with one attached hydrogen (secondary N) is 1. The zero-order chi connectivity index (χ0) is 14.5. The van der Waals surface area contributed by atoms with Crippen molar-refractivity contribution in [3.63, 3.8) is 0 Å². The van der Waals surface area contributed by atoms with Crippen LogP contribution in [0.5, 0.6) is 0 Å². The van der Waals surface area contributed by atoms with E-state index in [1.807, 2.05) is 6.92 Å². The molecule has 0 aromatic carbocycles. The third kappa shape index (κ3) is 7.00. The molecule has 0 saturated heterocycles. The fourth-order valence-corrected chi connectivity index (χ4v) is 2.13. The SMILES string of the molecule is Cc1cc(N)nc(SCC(=O)NCCC(C)(C)C)n1. The summed E-state index contributed by atoms with van der Waals surface area (Å²) >= 11 is 1.30. The van der Waals surface area contributed by atoms with Gasteiger partial charge in [-0.15, -0.1) is 0 Å². The summed E-state index contributed by atoms with van der Waals surface area (Å²) in [6.07, 6.45) is 0.956. The minimum absolute atomic E-state index is 0.00192. The fraction of sp³-hybridized carbons (Fsp3) is 0.615. The van der Waals surface area contributed by atoms with Crippen molar-refractivity contribution in [2.75, 3.05) is 18.0 Å². The van der Waals surface area contributed by atoms with Gasteiger partial charge in [-0.3, -0.25) is 4.79 Å². The summed E-state index contributed by atoms with van der Waals surface area (Å²) in [4.78, 5) is 19.9. The van der Waals surface area contributed by atoms with Gasteiger partial charge in [0.25, 0.3) is 0 Å². The van der Waals surface area contributed by atoms with Gasteiger partial charge in [0.1, 0.15) is 5.82 Å². The summed E-state index contributed by atoms with van der Waals surface area (Å²) < 4.78 is 0. The highest BCUT2D eigenvalue weighted by Gasteiger charge is 2.11. The van der Waals surface area contributed by atoms with Crippen LogP contribution in [0.15, 0.2) is 11.2 Å². The summed E-state index contributed by atoms with van der Waals surface area (Å²) in [5.41, 5.74) is 6.67. The van der Waals surface area contributed by atoms with E-state index in [2.05, 4.69) is 36.1 Å². The number of anilines is 1. The molecule has 1 heterocycles. The number of hydrogen-bond acceptors (Lipinski definition) is 5. The van der Waals surface area contributed by atoms with Crippen LogP contribution in [0.25, 0.3) is 0 Å². The average molecular weight is 282 g/mol. The standard InChI is InChI=1S/C13H22N4OS/c1-9-7-10(14)17-12(16-9)19-8-11(18)15-6-5-13(2,3)4/h7H,5-6,8H2,1-4H3,(H,15,18)(H2,14,16,17). The van der Waals surface area contributed by atoms with Crippen LogP contribution in [0.2, 0.25) is 0 Å². The van der Waals surface area contributed by atoms with Crippen LogP contribution in [0.1, 0.15) is 32.9 Å². The van der Waals surface area contributed by atoms with E-state index < -0.39 is 0 Å². The Morgan fingerprint density at radius 3 is 2.68 bits per heavy atom. The molecule has 19 heavy (non-hydrogen) atoms. The number of nitrogen functional groups attached to an aromatic ring is 1. The molecule has 0 aliphatic rings. The quantitative estimate of drug-likeness (QED) is 0.638. The zero-order valence-electron chi connectivity index (χ0n) is 12.0. The normalized spacial score (nSPS) is 11.4. The summed E-state index contributed by atoms with van der Waals surface area (Å²) in [7, 11) is 0. The summed E-state index contributed by atoms with van der Waals surface area (Å²) in [6, 6.07) is 1.70. The Morgan fingerprint density at radius 1 is 1.42 bits per heavy atom. The maximum atomic E-state index is 11.7. The molecule has 106 valence electrons. The average Bonchev–Trinajstić information content (AvgIpc) is 2.23. The van der Waals surface area contributed by atoms with Crippen molar-refractivity contribution >= 4 is 23.5 Å². The van der Waals surface area contributed by atoms with Gasteiger partial charge in [0.15, 0.2) is 5.16 Å². The number of aromatic nitrogens is 2. The van der Waals surface area contributed by atoms with Gasteiger partial charge in [-0.2, -0.15) is 0 Å². The Hall–Kier alpha value is -1.30. The lowest BCUT2D eigenvalue weighted by atomic mass is 9.92. The molecule has 1 rings (SSSR count).